The minimum Gasteiger partial charge on any atom is -0.487 e. The number of ether oxygens (including phenoxy) is 1. The number of nitro benzene ring substituents is 1. The zero-order valence-corrected chi connectivity index (χ0v) is 11.5. The molecular weight excluding hydrogens is 308 g/mol. The molecule has 2 aromatic rings. The molecule has 2 rings (SSSR count). The molecule has 0 fully saturated rings. The minimum absolute atomic E-state index is 0.0228. The molecule has 0 aliphatic rings. The molecule has 0 atom stereocenters. The topological polar surface area (TPSA) is 52.4 Å². The molecule has 0 saturated carbocycles. The zero-order valence-electron chi connectivity index (χ0n) is 9.98. The van der Waals surface area contributed by atoms with E-state index < -0.39 is 16.4 Å². The normalized spacial score (nSPS) is 10.3. The molecule has 0 radical (unpaired) electrons. The van der Waals surface area contributed by atoms with Crippen LogP contribution in [0, 0.1) is 15.9 Å². The van der Waals surface area contributed by atoms with E-state index in [0.717, 1.165) is 12.1 Å². The van der Waals surface area contributed by atoms with Gasteiger partial charge in [0.05, 0.1) is 9.95 Å². The molecule has 0 heterocycles. The van der Waals surface area contributed by atoms with Crippen molar-refractivity contribution in [2.45, 2.75) is 6.61 Å². The fraction of sp³-hybridized carbons (Fsp3) is 0.0769. The van der Waals surface area contributed by atoms with Gasteiger partial charge in [0.25, 0.3) is 0 Å². The van der Waals surface area contributed by atoms with Crippen LogP contribution >= 0.6 is 23.2 Å². The third kappa shape index (κ3) is 3.37. The second-order valence-corrected chi connectivity index (χ2v) is 4.75. The third-order valence-corrected chi connectivity index (χ3v) is 3.04. The Morgan fingerprint density at radius 1 is 1.20 bits per heavy atom. The van der Waals surface area contributed by atoms with E-state index in [1.807, 2.05) is 0 Å². The van der Waals surface area contributed by atoms with Gasteiger partial charge >= 0.3 is 5.69 Å². The van der Waals surface area contributed by atoms with Gasteiger partial charge in [0.2, 0.25) is 5.82 Å². The maximum atomic E-state index is 13.4. The molecule has 0 aliphatic heterocycles. The first kappa shape index (κ1) is 14.6. The fourth-order valence-electron chi connectivity index (χ4n) is 1.54. The van der Waals surface area contributed by atoms with Gasteiger partial charge in [0.1, 0.15) is 12.4 Å². The van der Waals surface area contributed by atoms with Crippen molar-refractivity contribution in [2.24, 2.45) is 0 Å². The van der Waals surface area contributed by atoms with E-state index >= 15 is 0 Å². The van der Waals surface area contributed by atoms with Crippen molar-refractivity contribution in [3.63, 3.8) is 0 Å². The molecule has 0 saturated heterocycles. The van der Waals surface area contributed by atoms with Crippen LogP contribution < -0.4 is 4.74 Å². The van der Waals surface area contributed by atoms with Crippen molar-refractivity contribution >= 4 is 28.9 Å². The minimum atomic E-state index is -0.909. The highest BCUT2D eigenvalue weighted by atomic mass is 35.5. The van der Waals surface area contributed by atoms with Crippen LogP contribution in [0.1, 0.15) is 5.56 Å². The Labute approximate surface area is 123 Å². The van der Waals surface area contributed by atoms with Crippen molar-refractivity contribution < 1.29 is 14.1 Å². The van der Waals surface area contributed by atoms with Crippen LogP contribution in [-0.4, -0.2) is 4.92 Å². The highest BCUT2D eigenvalue weighted by molar-refractivity contribution is 6.34. The Kier molecular flexibility index (Phi) is 4.42. The lowest BCUT2D eigenvalue weighted by molar-refractivity contribution is -0.387. The number of halogens is 3. The number of hydrogen-bond acceptors (Lipinski definition) is 3. The van der Waals surface area contributed by atoms with E-state index in [1.165, 1.54) is 12.1 Å². The Bertz CT molecular complexity index is 664. The summed E-state index contributed by atoms with van der Waals surface area (Å²) in [5.41, 5.74) is -0.126. The Morgan fingerprint density at radius 2 is 1.95 bits per heavy atom. The van der Waals surface area contributed by atoms with E-state index in [1.54, 1.807) is 12.1 Å². The Morgan fingerprint density at radius 3 is 2.60 bits per heavy atom. The first-order valence-corrected chi connectivity index (χ1v) is 6.23. The van der Waals surface area contributed by atoms with Crippen LogP contribution in [0.3, 0.4) is 0 Å². The van der Waals surface area contributed by atoms with Crippen LogP contribution in [0.15, 0.2) is 36.4 Å². The monoisotopic (exact) mass is 315 g/mol. The molecular formula is C13H8Cl2FNO3. The number of hydrogen-bond donors (Lipinski definition) is 0. The molecule has 7 heteroatoms. The molecule has 0 bridgehead atoms. The number of rotatable bonds is 4. The first-order chi connectivity index (χ1) is 9.47. The molecule has 0 N–H and O–H groups in total. The summed E-state index contributed by atoms with van der Waals surface area (Å²) in [5.74, 6) is -0.550. The fourth-order valence-corrected chi connectivity index (χ4v) is 1.87. The van der Waals surface area contributed by atoms with Gasteiger partial charge in [-0.15, -0.1) is 0 Å². The van der Waals surface area contributed by atoms with Crippen LogP contribution in [-0.2, 0) is 6.61 Å². The van der Waals surface area contributed by atoms with Crippen molar-refractivity contribution in [2.75, 3.05) is 0 Å². The molecule has 104 valence electrons. The molecule has 0 aliphatic carbocycles. The van der Waals surface area contributed by atoms with Crippen molar-refractivity contribution in [3.05, 3.63) is 67.9 Å². The summed E-state index contributed by atoms with van der Waals surface area (Å²) in [7, 11) is 0. The third-order valence-electron chi connectivity index (χ3n) is 2.50. The lowest BCUT2D eigenvalue weighted by Crippen LogP contribution is -1.99. The molecule has 0 spiro atoms. The average Bonchev–Trinajstić information content (AvgIpc) is 2.39. The van der Waals surface area contributed by atoms with Gasteiger partial charge < -0.3 is 4.74 Å². The van der Waals surface area contributed by atoms with Gasteiger partial charge in [-0.3, -0.25) is 10.1 Å². The maximum absolute atomic E-state index is 13.4. The van der Waals surface area contributed by atoms with Gasteiger partial charge in [-0.05, 0) is 29.8 Å². The molecule has 0 unspecified atom stereocenters. The molecule has 4 nitrogen and oxygen atoms in total. The Balaban J connectivity index is 2.13. The van der Waals surface area contributed by atoms with Gasteiger partial charge in [0.15, 0.2) is 0 Å². The van der Waals surface area contributed by atoms with Crippen LogP contribution in [0.2, 0.25) is 10.0 Å². The summed E-state index contributed by atoms with van der Waals surface area (Å²) in [6.07, 6.45) is 0. The summed E-state index contributed by atoms with van der Waals surface area (Å²) < 4.78 is 18.8. The maximum Gasteiger partial charge on any atom is 0.304 e. The average molecular weight is 316 g/mol. The van der Waals surface area contributed by atoms with Crippen molar-refractivity contribution in [3.8, 4) is 5.75 Å². The number of nitro groups is 1. The van der Waals surface area contributed by atoms with E-state index in [-0.39, 0.29) is 6.61 Å². The predicted molar refractivity (Wildman–Crippen MR) is 73.8 cm³/mol. The van der Waals surface area contributed by atoms with E-state index in [2.05, 4.69) is 0 Å². The summed E-state index contributed by atoms with van der Waals surface area (Å²) in [4.78, 5) is 9.71. The first-order valence-electron chi connectivity index (χ1n) is 5.48. The standard InChI is InChI=1S/C13H8Cl2FNO3/c14-9-2-3-10(15)13(6-9)20-7-8-1-4-12(17(18)19)11(16)5-8/h1-6H,7H2. The van der Waals surface area contributed by atoms with Crippen molar-refractivity contribution in [1.29, 1.82) is 0 Å². The number of benzene rings is 2. The van der Waals surface area contributed by atoms with Crippen LogP contribution in [0.25, 0.3) is 0 Å². The lowest BCUT2D eigenvalue weighted by Gasteiger charge is -2.08. The zero-order chi connectivity index (χ0) is 14.7. The smallest absolute Gasteiger partial charge is 0.304 e. The molecule has 0 aromatic heterocycles. The largest absolute Gasteiger partial charge is 0.487 e. The van der Waals surface area contributed by atoms with E-state index in [9.17, 15) is 14.5 Å². The summed E-state index contributed by atoms with van der Waals surface area (Å²) in [6, 6.07) is 8.29. The summed E-state index contributed by atoms with van der Waals surface area (Å²) >= 11 is 11.7. The summed E-state index contributed by atoms with van der Waals surface area (Å²) in [5, 5.41) is 11.3. The molecule has 0 amide bonds. The van der Waals surface area contributed by atoms with E-state index in [0.29, 0.717) is 21.4 Å². The van der Waals surface area contributed by atoms with Crippen molar-refractivity contribution in [1.82, 2.24) is 0 Å². The van der Waals surface area contributed by atoms with Crippen LogP contribution in [0.5, 0.6) is 5.75 Å². The number of nitrogens with zero attached hydrogens (tertiary/aromatic N) is 1. The van der Waals surface area contributed by atoms with Gasteiger partial charge in [0, 0.05) is 17.2 Å². The van der Waals surface area contributed by atoms with Gasteiger partial charge in [-0.1, -0.05) is 23.2 Å². The SMILES string of the molecule is O=[N+]([O-])c1ccc(COc2cc(Cl)ccc2Cl)cc1F. The molecule has 20 heavy (non-hydrogen) atoms. The highest BCUT2D eigenvalue weighted by Gasteiger charge is 2.14. The van der Waals surface area contributed by atoms with E-state index in [4.69, 9.17) is 27.9 Å². The quantitative estimate of drug-likeness (QED) is 0.611. The predicted octanol–water partition coefficient (Wildman–Crippen LogP) is 4.62. The molecule has 2 aromatic carbocycles. The second kappa shape index (κ2) is 6.07. The van der Waals surface area contributed by atoms with Gasteiger partial charge in [-0.2, -0.15) is 4.39 Å². The Hall–Kier alpha value is -1.85. The van der Waals surface area contributed by atoms with Crippen LogP contribution in [0.4, 0.5) is 10.1 Å². The summed E-state index contributed by atoms with van der Waals surface area (Å²) in [6.45, 7) is 0.0228. The second-order valence-electron chi connectivity index (χ2n) is 3.91. The lowest BCUT2D eigenvalue weighted by atomic mass is 10.2. The van der Waals surface area contributed by atoms with Gasteiger partial charge in [-0.25, -0.2) is 0 Å². The highest BCUT2D eigenvalue weighted by Crippen LogP contribution is 2.28.